The minimum atomic E-state index is 0.793. The van der Waals surface area contributed by atoms with Crippen LogP contribution in [0.1, 0.15) is 11.1 Å². The maximum Gasteiger partial charge on any atom is 0.153 e. The van der Waals surface area contributed by atoms with Crippen LogP contribution >= 0.6 is 0 Å². The number of fused-ring (bicyclic) bond motifs is 6. The van der Waals surface area contributed by atoms with Gasteiger partial charge in [-0.25, -0.2) is 0 Å². The zero-order valence-electron chi connectivity index (χ0n) is 17.8. The monoisotopic (exact) mass is 425 g/mol. The van der Waals surface area contributed by atoms with Gasteiger partial charge in [0.25, 0.3) is 0 Å². The van der Waals surface area contributed by atoms with Crippen LogP contribution in [0.2, 0.25) is 0 Å². The van der Waals surface area contributed by atoms with Gasteiger partial charge in [-0.05, 0) is 29.3 Å². The van der Waals surface area contributed by atoms with Gasteiger partial charge in [0, 0.05) is 33.5 Å². The molecule has 0 aliphatic heterocycles. The lowest BCUT2D eigenvalue weighted by Gasteiger charge is -2.03. The van der Waals surface area contributed by atoms with E-state index in [1.807, 2.05) is 30.5 Å². The highest BCUT2D eigenvalue weighted by Crippen LogP contribution is 2.38. The van der Waals surface area contributed by atoms with Gasteiger partial charge in [0.15, 0.2) is 5.58 Å². The lowest BCUT2D eigenvalue weighted by molar-refractivity contribution is 0.664. The molecule has 0 atom stereocenters. The third-order valence-electron chi connectivity index (χ3n) is 6.38. The van der Waals surface area contributed by atoms with Crippen LogP contribution in [0, 0.1) is 0 Å². The van der Waals surface area contributed by atoms with Crippen molar-refractivity contribution in [2.75, 3.05) is 0 Å². The lowest BCUT2D eigenvalue weighted by atomic mass is 10.0. The van der Waals surface area contributed by atoms with Gasteiger partial charge in [0.1, 0.15) is 16.7 Å². The first kappa shape index (κ1) is 18.2. The molecular formula is C30H19NO2. The summed E-state index contributed by atoms with van der Waals surface area (Å²) in [6.07, 6.45) is 2.64. The van der Waals surface area contributed by atoms with Crippen molar-refractivity contribution in [3.8, 4) is 11.3 Å². The Labute approximate surface area is 189 Å². The molecule has 3 nitrogen and oxygen atoms in total. The van der Waals surface area contributed by atoms with E-state index in [1.165, 1.54) is 11.1 Å². The maximum absolute atomic E-state index is 6.56. The zero-order chi connectivity index (χ0) is 21.8. The van der Waals surface area contributed by atoms with E-state index < -0.39 is 0 Å². The standard InChI is InChI=1S/C30H19NO2/c1-2-8-19(9-3-1)16-20-10-6-12-22-23-13-7-14-24(30(23)33-29(20)22)26-17-25-21-11-4-5-15-27(21)32-28(25)18-31-26/h1-15,17-18H,16H2. The van der Waals surface area contributed by atoms with Crippen molar-refractivity contribution in [3.63, 3.8) is 0 Å². The predicted octanol–water partition coefficient (Wildman–Crippen LogP) is 8.14. The van der Waals surface area contributed by atoms with Crippen molar-refractivity contribution in [1.82, 2.24) is 4.98 Å². The SMILES string of the molecule is c1ccc(Cc2cccc3c2oc2c(-c4cc5c(cn4)oc4ccccc45)cccc23)cc1. The third kappa shape index (κ3) is 2.86. The van der Waals surface area contributed by atoms with Crippen LogP contribution in [-0.4, -0.2) is 4.98 Å². The Morgan fingerprint density at radius 3 is 2.24 bits per heavy atom. The summed E-state index contributed by atoms with van der Waals surface area (Å²) in [6.45, 7) is 0. The molecule has 4 aromatic carbocycles. The summed E-state index contributed by atoms with van der Waals surface area (Å²) in [7, 11) is 0. The van der Waals surface area contributed by atoms with E-state index in [-0.39, 0.29) is 0 Å². The number of aromatic nitrogens is 1. The van der Waals surface area contributed by atoms with Crippen molar-refractivity contribution in [2.24, 2.45) is 0 Å². The third-order valence-corrected chi connectivity index (χ3v) is 6.38. The van der Waals surface area contributed by atoms with Crippen molar-refractivity contribution in [2.45, 2.75) is 6.42 Å². The Hall–Kier alpha value is -4.37. The van der Waals surface area contributed by atoms with Crippen LogP contribution in [0.3, 0.4) is 0 Å². The van der Waals surface area contributed by atoms with Gasteiger partial charge in [0.05, 0.1) is 11.9 Å². The number of pyridine rings is 1. The fourth-order valence-corrected chi connectivity index (χ4v) is 4.81. The van der Waals surface area contributed by atoms with Crippen molar-refractivity contribution in [3.05, 3.63) is 114 Å². The van der Waals surface area contributed by atoms with Crippen LogP contribution in [0.15, 0.2) is 112 Å². The quantitative estimate of drug-likeness (QED) is 0.287. The molecule has 0 N–H and O–H groups in total. The maximum atomic E-state index is 6.56. The van der Waals surface area contributed by atoms with E-state index in [2.05, 4.69) is 72.8 Å². The molecule has 156 valence electrons. The smallest absolute Gasteiger partial charge is 0.153 e. The van der Waals surface area contributed by atoms with Gasteiger partial charge in [-0.1, -0.05) is 78.9 Å². The molecule has 0 saturated heterocycles. The number of hydrogen-bond acceptors (Lipinski definition) is 3. The Morgan fingerprint density at radius 1 is 0.576 bits per heavy atom. The largest absolute Gasteiger partial charge is 0.455 e. The normalized spacial score (nSPS) is 11.8. The molecule has 0 fully saturated rings. The molecule has 0 radical (unpaired) electrons. The van der Waals surface area contributed by atoms with Crippen molar-refractivity contribution in [1.29, 1.82) is 0 Å². The highest BCUT2D eigenvalue weighted by Gasteiger charge is 2.16. The van der Waals surface area contributed by atoms with Gasteiger partial charge in [0.2, 0.25) is 0 Å². The average Bonchev–Trinajstić information content (AvgIpc) is 3.43. The molecule has 0 aliphatic carbocycles. The summed E-state index contributed by atoms with van der Waals surface area (Å²) < 4.78 is 12.5. The van der Waals surface area contributed by atoms with E-state index >= 15 is 0 Å². The fourth-order valence-electron chi connectivity index (χ4n) is 4.81. The summed E-state index contributed by atoms with van der Waals surface area (Å²) in [4.78, 5) is 4.73. The van der Waals surface area contributed by atoms with Gasteiger partial charge >= 0.3 is 0 Å². The summed E-state index contributed by atoms with van der Waals surface area (Å²) in [5.41, 5.74) is 7.80. The van der Waals surface area contributed by atoms with E-state index in [1.54, 1.807) is 0 Å². The van der Waals surface area contributed by atoms with Crippen LogP contribution in [-0.2, 0) is 6.42 Å². The van der Waals surface area contributed by atoms with Crippen molar-refractivity contribution < 1.29 is 8.83 Å². The molecule has 7 aromatic rings. The predicted molar refractivity (Wildman–Crippen MR) is 133 cm³/mol. The first-order valence-electron chi connectivity index (χ1n) is 11.1. The molecule has 33 heavy (non-hydrogen) atoms. The molecule has 3 heteroatoms. The van der Waals surface area contributed by atoms with E-state index in [4.69, 9.17) is 13.8 Å². The summed E-state index contributed by atoms with van der Waals surface area (Å²) >= 11 is 0. The van der Waals surface area contributed by atoms with E-state index in [0.29, 0.717) is 0 Å². The molecule has 7 rings (SSSR count). The average molecular weight is 425 g/mol. The number of furan rings is 2. The minimum absolute atomic E-state index is 0.793. The van der Waals surface area contributed by atoms with Crippen LogP contribution in [0.4, 0.5) is 0 Å². The van der Waals surface area contributed by atoms with Crippen molar-refractivity contribution >= 4 is 43.9 Å². The lowest BCUT2D eigenvalue weighted by Crippen LogP contribution is -1.87. The van der Waals surface area contributed by atoms with Crippen LogP contribution in [0.5, 0.6) is 0 Å². The first-order valence-corrected chi connectivity index (χ1v) is 11.1. The molecule has 3 aromatic heterocycles. The second-order valence-electron chi connectivity index (χ2n) is 8.40. The zero-order valence-corrected chi connectivity index (χ0v) is 17.8. The van der Waals surface area contributed by atoms with Gasteiger partial charge < -0.3 is 8.83 Å². The summed E-state index contributed by atoms with van der Waals surface area (Å²) in [5.74, 6) is 0. The van der Waals surface area contributed by atoms with Gasteiger partial charge in [-0.2, -0.15) is 0 Å². The van der Waals surface area contributed by atoms with Gasteiger partial charge in [-0.3, -0.25) is 4.98 Å². The molecule has 0 amide bonds. The molecular weight excluding hydrogens is 406 g/mol. The second-order valence-corrected chi connectivity index (χ2v) is 8.40. The van der Waals surface area contributed by atoms with Gasteiger partial charge in [-0.15, -0.1) is 0 Å². The number of para-hydroxylation sites is 3. The number of rotatable bonds is 3. The molecule has 0 saturated carbocycles. The minimum Gasteiger partial charge on any atom is -0.455 e. The Kier molecular flexibility index (Phi) is 3.91. The van der Waals surface area contributed by atoms with Crippen LogP contribution in [0.25, 0.3) is 55.1 Å². The topological polar surface area (TPSA) is 39.2 Å². The summed E-state index contributed by atoms with van der Waals surface area (Å²) in [6, 6.07) is 33.4. The second kappa shape index (κ2) is 7.07. The molecule has 0 spiro atoms. The Bertz CT molecular complexity index is 1790. The van der Waals surface area contributed by atoms with E-state index in [9.17, 15) is 0 Å². The Balaban J connectivity index is 1.44. The van der Waals surface area contributed by atoms with E-state index in [0.717, 1.165) is 61.6 Å². The Morgan fingerprint density at radius 2 is 1.33 bits per heavy atom. The number of hydrogen-bond donors (Lipinski definition) is 0. The molecule has 0 aliphatic rings. The fraction of sp³-hybridized carbons (Fsp3) is 0.0333. The molecule has 0 unspecified atom stereocenters. The number of benzene rings is 4. The number of nitrogens with zero attached hydrogens (tertiary/aromatic N) is 1. The molecule has 3 heterocycles. The summed E-state index contributed by atoms with van der Waals surface area (Å²) in [5, 5.41) is 4.40. The highest BCUT2D eigenvalue weighted by molar-refractivity contribution is 6.11. The first-order chi connectivity index (χ1) is 16.3. The highest BCUT2D eigenvalue weighted by atomic mass is 16.3. The van der Waals surface area contributed by atoms with Crippen LogP contribution < -0.4 is 0 Å². The molecule has 0 bridgehead atoms.